The van der Waals surface area contributed by atoms with Crippen LogP contribution in [-0.2, 0) is 0 Å². The largest absolute Gasteiger partial charge is 0.399 e. The van der Waals surface area contributed by atoms with E-state index in [2.05, 4.69) is 6.92 Å². The molecular formula is C10H15ClN2. The van der Waals surface area contributed by atoms with Crippen LogP contribution in [0.4, 0.5) is 5.69 Å². The first-order valence-electron chi connectivity index (χ1n) is 4.45. The van der Waals surface area contributed by atoms with Gasteiger partial charge in [0.1, 0.15) is 0 Å². The first kappa shape index (κ1) is 10.4. The van der Waals surface area contributed by atoms with Gasteiger partial charge in [-0.1, -0.05) is 31.0 Å². The maximum atomic E-state index is 6.00. The molecule has 0 heterocycles. The maximum Gasteiger partial charge on any atom is 0.0474 e. The van der Waals surface area contributed by atoms with Crippen molar-refractivity contribution < 1.29 is 0 Å². The molecule has 0 radical (unpaired) electrons. The zero-order chi connectivity index (χ0) is 9.84. The fraction of sp³-hybridized carbons (Fsp3) is 0.400. The van der Waals surface area contributed by atoms with Crippen molar-refractivity contribution in [3.8, 4) is 0 Å². The summed E-state index contributed by atoms with van der Waals surface area (Å²) in [6, 6.07) is 5.50. The number of hydrogen-bond donors (Lipinski definition) is 2. The summed E-state index contributed by atoms with van der Waals surface area (Å²) in [5.41, 5.74) is 13.2. The molecule has 4 N–H and O–H groups in total. The van der Waals surface area contributed by atoms with Crippen molar-refractivity contribution in [1.29, 1.82) is 0 Å². The highest BCUT2D eigenvalue weighted by atomic mass is 35.5. The molecule has 0 amide bonds. The lowest BCUT2D eigenvalue weighted by Gasteiger charge is -2.12. The Balaban J connectivity index is 2.88. The van der Waals surface area contributed by atoms with Gasteiger partial charge >= 0.3 is 0 Å². The molecule has 1 atom stereocenters. The molecule has 0 fully saturated rings. The summed E-state index contributed by atoms with van der Waals surface area (Å²) in [7, 11) is 0. The predicted octanol–water partition coefficient (Wildman–Crippen LogP) is 2.72. The van der Waals surface area contributed by atoms with Crippen LogP contribution in [0.3, 0.4) is 0 Å². The number of nitrogen functional groups attached to an aromatic ring is 1. The van der Waals surface area contributed by atoms with Crippen molar-refractivity contribution >= 4 is 17.3 Å². The van der Waals surface area contributed by atoms with Gasteiger partial charge in [-0.05, 0) is 24.1 Å². The average molecular weight is 199 g/mol. The van der Waals surface area contributed by atoms with E-state index in [9.17, 15) is 0 Å². The standard InChI is InChI=1S/C10H15ClN2/c1-2-3-10(13)8-5-4-7(12)6-9(8)11/h4-6,10H,2-3,12-13H2,1H3/t10-/m1/s1. The molecule has 3 heteroatoms. The van der Waals surface area contributed by atoms with E-state index >= 15 is 0 Å². The Kier molecular flexibility index (Phi) is 3.58. The summed E-state index contributed by atoms with van der Waals surface area (Å²) in [5.74, 6) is 0. The normalized spacial score (nSPS) is 12.8. The molecule has 72 valence electrons. The fourth-order valence-electron chi connectivity index (χ4n) is 1.31. The van der Waals surface area contributed by atoms with E-state index in [0.29, 0.717) is 10.7 Å². The van der Waals surface area contributed by atoms with Crippen LogP contribution in [0.5, 0.6) is 0 Å². The van der Waals surface area contributed by atoms with Gasteiger partial charge in [0.15, 0.2) is 0 Å². The summed E-state index contributed by atoms with van der Waals surface area (Å²) in [6.07, 6.45) is 2.01. The smallest absolute Gasteiger partial charge is 0.0474 e. The molecule has 0 aliphatic rings. The molecule has 1 aromatic rings. The maximum absolute atomic E-state index is 6.00. The van der Waals surface area contributed by atoms with Gasteiger partial charge in [0.05, 0.1) is 0 Å². The van der Waals surface area contributed by atoms with E-state index in [1.807, 2.05) is 12.1 Å². The average Bonchev–Trinajstić information content (AvgIpc) is 2.04. The van der Waals surface area contributed by atoms with Crippen molar-refractivity contribution in [3.63, 3.8) is 0 Å². The Morgan fingerprint density at radius 2 is 2.15 bits per heavy atom. The zero-order valence-electron chi connectivity index (χ0n) is 7.76. The lowest BCUT2D eigenvalue weighted by molar-refractivity contribution is 0.639. The summed E-state index contributed by atoms with van der Waals surface area (Å²) in [6.45, 7) is 2.10. The minimum absolute atomic E-state index is 0.0260. The van der Waals surface area contributed by atoms with E-state index in [1.54, 1.807) is 6.07 Å². The third-order valence-corrected chi connectivity index (χ3v) is 2.35. The molecular weight excluding hydrogens is 184 g/mol. The second-order valence-corrected chi connectivity index (χ2v) is 3.58. The Morgan fingerprint density at radius 1 is 1.46 bits per heavy atom. The fourth-order valence-corrected chi connectivity index (χ4v) is 1.64. The summed E-state index contributed by atoms with van der Waals surface area (Å²) < 4.78 is 0. The van der Waals surface area contributed by atoms with Crippen LogP contribution in [0.1, 0.15) is 31.4 Å². The minimum Gasteiger partial charge on any atom is -0.399 e. The lowest BCUT2D eigenvalue weighted by atomic mass is 10.0. The van der Waals surface area contributed by atoms with Crippen LogP contribution in [-0.4, -0.2) is 0 Å². The number of hydrogen-bond acceptors (Lipinski definition) is 2. The quantitative estimate of drug-likeness (QED) is 0.734. The molecule has 13 heavy (non-hydrogen) atoms. The second kappa shape index (κ2) is 4.49. The van der Waals surface area contributed by atoms with Crippen LogP contribution in [0.15, 0.2) is 18.2 Å². The highest BCUT2D eigenvalue weighted by Gasteiger charge is 2.08. The summed E-state index contributed by atoms with van der Waals surface area (Å²) in [5, 5.41) is 0.668. The topological polar surface area (TPSA) is 52.0 Å². The van der Waals surface area contributed by atoms with Gasteiger partial charge in [-0.2, -0.15) is 0 Å². The van der Waals surface area contributed by atoms with E-state index in [0.717, 1.165) is 18.4 Å². The van der Waals surface area contributed by atoms with E-state index in [-0.39, 0.29) is 6.04 Å². The second-order valence-electron chi connectivity index (χ2n) is 3.18. The highest BCUT2D eigenvalue weighted by molar-refractivity contribution is 6.31. The Morgan fingerprint density at radius 3 is 2.69 bits per heavy atom. The van der Waals surface area contributed by atoms with Crippen LogP contribution in [0, 0.1) is 0 Å². The number of nitrogens with two attached hydrogens (primary N) is 2. The minimum atomic E-state index is 0.0260. The van der Waals surface area contributed by atoms with Gasteiger partial charge in [0, 0.05) is 16.8 Å². The van der Waals surface area contributed by atoms with E-state index in [1.165, 1.54) is 0 Å². The number of halogens is 1. The first-order chi connectivity index (χ1) is 6.15. The molecule has 0 spiro atoms. The molecule has 0 saturated heterocycles. The highest BCUT2D eigenvalue weighted by Crippen LogP contribution is 2.26. The van der Waals surface area contributed by atoms with Crippen molar-refractivity contribution in [2.75, 3.05) is 5.73 Å². The first-order valence-corrected chi connectivity index (χ1v) is 4.83. The SMILES string of the molecule is CCC[C@@H](N)c1ccc(N)cc1Cl. The molecule has 0 aromatic heterocycles. The Labute approximate surface area is 83.9 Å². The lowest BCUT2D eigenvalue weighted by Crippen LogP contribution is -2.10. The van der Waals surface area contributed by atoms with Gasteiger partial charge in [0.2, 0.25) is 0 Å². The monoisotopic (exact) mass is 198 g/mol. The summed E-state index contributed by atoms with van der Waals surface area (Å²) >= 11 is 6.00. The molecule has 2 nitrogen and oxygen atoms in total. The molecule has 0 saturated carbocycles. The van der Waals surface area contributed by atoms with Gasteiger partial charge in [-0.15, -0.1) is 0 Å². The predicted molar refractivity (Wildman–Crippen MR) is 57.7 cm³/mol. The van der Waals surface area contributed by atoms with Gasteiger partial charge in [-0.3, -0.25) is 0 Å². The number of rotatable bonds is 3. The zero-order valence-corrected chi connectivity index (χ0v) is 8.51. The van der Waals surface area contributed by atoms with Crippen LogP contribution >= 0.6 is 11.6 Å². The Hall–Kier alpha value is -0.730. The third kappa shape index (κ3) is 2.61. The molecule has 1 aromatic carbocycles. The summed E-state index contributed by atoms with van der Waals surface area (Å²) in [4.78, 5) is 0. The van der Waals surface area contributed by atoms with Gasteiger partial charge in [-0.25, -0.2) is 0 Å². The number of anilines is 1. The van der Waals surface area contributed by atoms with E-state index < -0.39 is 0 Å². The van der Waals surface area contributed by atoms with Crippen LogP contribution < -0.4 is 11.5 Å². The molecule has 0 bridgehead atoms. The molecule has 0 aliphatic heterocycles. The van der Waals surface area contributed by atoms with Crippen molar-refractivity contribution in [2.45, 2.75) is 25.8 Å². The van der Waals surface area contributed by atoms with E-state index in [4.69, 9.17) is 23.1 Å². The van der Waals surface area contributed by atoms with Gasteiger partial charge in [0.25, 0.3) is 0 Å². The number of benzene rings is 1. The molecule has 1 rings (SSSR count). The Bertz CT molecular complexity index is 286. The van der Waals surface area contributed by atoms with Crippen molar-refractivity contribution in [1.82, 2.24) is 0 Å². The van der Waals surface area contributed by atoms with Crippen molar-refractivity contribution in [2.24, 2.45) is 5.73 Å². The van der Waals surface area contributed by atoms with Gasteiger partial charge < -0.3 is 11.5 Å². The molecule has 0 aliphatic carbocycles. The van der Waals surface area contributed by atoms with Crippen LogP contribution in [0.25, 0.3) is 0 Å². The van der Waals surface area contributed by atoms with Crippen LogP contribution in [0.2, 0.25) is 5.02 Å². The molecule has 0 unspecified atom stereocenters. The van der Waals surface area contributed by atoms with Crippen molar-refractivity contribution in [3.05, 3.63) is 28.8 Å². The third-order valence-electron chi connectivity index (χ3n) is 2.02.